The van der Waals surface area contributed by atoms with Crippen molar-refractivity contribution in [3.8, 4) is 0 Å². The third-order valence-corrected chi connectivity index (χ3v) is 4.96. The number of Topliss-reactive ketones (excluding diaryl/α,β-unsaturated/α-hetero) is 1. The molecule has 4 nitrogen and oxygen atoms in total. The van der Waals surface area contributed by atoms with Gasteiger partial charge in [-0.1, -0.05) is 19.9 Å². The normalized spacial score (nSPS) is 17.7. The number of likely N-dealkylation sites (tertiary alicyclic amines) is 1. The highest BCUT2D eigenvalue weighted by Crippen LogP contribution is 2.25. The van der Waals surface area contributed by atoms with E-state index in [4.69, 9.17) is 0 Å². The highest BCUT2D eigenvalue weighted by molar-refractivity contribution is 6.04. The fourth-order valence-electron chi connectivity index (χ4n) is 3.70. The first-order chi connectivity index (χ1) is 11.1. The highest BCUT2D eigenvalue weighted by Gasteiger charge is 2.28. The molecule has 3 rings (SSSR count). The number of ketones is 1. The van der Waals surface area contributed by atoms with Gasteiger partial charge in [0.25, 0.3) is 0 Å². The average Bonchev–Trinajstić information content (AvgIpc) is 2.94. The first kappa shape index (κ1) is 16.2. The Morgan fingerprint density at radius 2 is 1.96 bits per heavy atom. The topological polar surface area (TPSA) is 38.8 Å². The van der Waals surface area contributed by atoms with Crippen LogP contribution in [-0.2, 0) is 0 Å². The summed E-state index contributed by atoms with van der Waals surface area (Å²) in [6, 6.07) is 5.95. The van der Waals surface area contributed by atoms with Crippen LogP contribution in [0.3, 0.4) is 0 Å². The summed E-state index contributed by atoms with van der Waals surface area (Å²) >= 11 is 0. The lowest BCUT2D eigenvalue weighted by atomic mass is 9.93. The minimum absolute atomic E-state index is 0.0498. The largest absolute Gasteiger partial charge is 0.334 e. The molecule has 2 aromatic heterocycles. The molecule has 0 aromatic carbocycles. The Balaban J connectivity index is 1.88. The average molecular weight is 314 g/mol. The predicted octanol–water partition coefficient (Wildman–Crippen LogP) is 2.35. The van der Waals surface area contributed by atoms with E-state index < -0.39 is 0 Å². The van der Waals surface area contributed by atoms with Crippen LogP contribution in [0.1, 0.15) is 62.0 Å². The van der Waals surface area contributed by atoms with E-state index in [-0.39, 0.29) is 17.6 Å². The lowest BCUT2D eigenvalue weighted by molar-refractivity contribution is -0.906. The first-order valence-electron chi connectivity index (χ1n) is 8.93. The van der Waals surface area contributed by atoms with Crippen LogP contribution in [0, 0.1) is 5.92 Å². The van der Waals surface area contributed by atoms with Crippen molar-refractivity contribution < 1.29 is 9.69 Å². The molecule has 2 aromatic rings. The smallest absolute Gasteiger partial charge is 0.175 e. The van der Waals surface area contributed by atoms with Gasteiger partial charge in [0.1, 0.15) is 0 Å². The Bertz CT molecular complexity index is 683. The minimum atomic E-state index is 0.0498. The molecule has 1 saturated heterocycles. The van der Waals surface area contributed by atoms with Crippen molar-refractivity contribution in [3.63, 3.8) is 0 Å². The van der Waals surface area contributed by atoms with Crippen LogP contribution in [0.25, 0.3) is 5.52 Å². The highest BCUT2D eigenvalue weighted by atomic mass is 16.1. The molecule has 0 radical (unpaired) electrons. The number of carbonyl (C=O) groups is 1. The minimum Gasteiger partial charge on any atom is -0.334 e. The Morgan fingerprint density at radius 3 is 2.65 bits per heavy atom. The van der Waals surface area contributed by atoms with Gasteiger partial charge in [-0.25, -0.2) is 4.52 Å². The van der Waals surface area contributed by atoms with Crippen molar-refractivity contribution in [1.82, 2.24) is 9.61 Å². The molecule has 0 bridgehead atoms. The van der Waals surface area contributed by atoms with Gasteiger partial charge >= 0.3 is 0 Å². The Labute approximate surface area is 138 Å². The number of hydrogen-bond donors (Lipinski definition) is 1. The molecule has 0 spiro atoms. The molecule has 23 heavy (non-hydrogen) atoms. The molecule has 0 aliphatic carbocycles. The monoisotopic (exact) mass is 314 g/mol. The van der Waals surface area contributed by atoms with E-state index in [1.54, 1.807) is 4.90 Å². The number of rotatable bonds is 5. The van der Waals surface area contributed by atoms with E-state index in [0.717, 1.165) is 23.3 Å². The summed E-state index contributed by atoms with van der Waals surface area (Å²) in [5.74, 6) is 0.560. The second-order valence-electron chi connectivity index (χ2n) is 7.23. The van der Waals surface area contributed by atoms with Gasteiger partial charge in [-0.3, -0.25) is 4.79 Å². The fraction of sp³-hybridized carbons (Fsp3) is 0.579. The lowest BCUT2D eigenvalue weighted by Gasteiger charge is -2.25. The molecule has 1 aliphatic heterocycles. The van der Waals surface area contributed by atoms with E-state index in [1.165, 1.54) is 32.4 Å². The van der Waals surface area contributed by atoms with Crippen molar-refractivity contribution in [1.29, 1.82) is 0 Å². The summed E-state index contributed by atoms with van der Waals surface area (Å²) in [5.41, 5.74) is 2.72. The summed E-state index contributed by atoms with van der Waals surface area (Å²) in [7, 11) is 0. The number of carbonyl (C=O) groups excluding carboxylic acids is 1. The van der Waals surface area contributed by atoms with Crippen LogP contribution in [0.2, 0.25) is 0 Å². The Hall–Kier alpha value is -1.68. The second-order valence-corrected chi connectivity index (χ2v) is 7.23. The summed E-state index contributed by atoms with van der Waals surface area (Å²) in [5, 5.41) is 4.65. The third-order valence-electron chi connectivity index (χ3n) is 4.96. The Morgan fingerprint density at radius 1 is 1.22 bits per heavy atom. The number of aromatic nitrogens is 2. The van der Waals surface area contributed by atoms with Gasteiger partial charge in [0.2, 0.25) is 0 Å². The first-order valence-corrected chi connectivity index (χ1v) is 8.93. The van der Waals surface area contributed by atoms with Crippen LogP contribution in [-0.4, -0.2) is 35.0 Å². The summed E-state index contributed by atoms with van der Waals surface area (Å²) in [4.78, 5) is 14.7. The molecule has 1 fully saturated rings. The molecule has 4 heteroatoms. The van der Waals surface area contributed by atoms with Crippen molar-refractivity contribution in [2.24, 2.45) is 5.92 Å². The number of quaternary nitrogens is 1. The molecule has 0 saturated carbocycles. The lowest BCUT2D eigenvalue weighted by Crippen LogP contribution is -3.13. The Kier molecular flexibility index (Phi) is 4.81. The molecular formula is C19H28N3O+. The number of nitrogens with zero attached hydrogens (tertiary/aromatic N) is 2. The van der Waals surface area contributed by atoms with Crippen molar-refractivity contribution in [2.75, 3.05) is 19.6 Å². The van der Waals surface area contributed by atoms with Crippen LogP contribution < -0.4 is 4.90 Å². The molecule has 1 unspecified atom stereocenters. The van der Waals surface area contributed by atoms with Crippen molar-refractivity contribution in [3.05, 3.63) is 35.7 Å². The number of nitrogens with one attached hydrogen (secondary N) is 1. The maximum absolute atomic E-state index is 13.2. The molecule has 0 amide bonds. The van der Waals surface area contributed by atoms with Crippen LogP contribution in [0.15, 0.2) is 24.4 Å². The van der Waals surface area contributed by atoms with Gasteiger partial charge in [0.15, 0.2) is 5.78 Å². The summed E-state index contributed by atoms with van der Waals surface area (Å²) in [6.45, 7) is 9.67. The van der Waals surface area contributed by atoms with Crippen LogP contribution in [0.5, 0.6) is 0 Å². The summed E-state index contributed by atoms with van der Waals surface area (Å²) < 4.78 is 1.85. The van der Waals surface area contributed by atoms with Crippen molar-refractivity contribution in [2.45, 2.75) is 46.0 Å². The number of hydrogen-bond acceptors (Lipinski definition) is 2. The van der Waals surface area contributed by atoms with E-state index >= 15 is 0 Å². The zero-order valence-corrected chi connectivity index (χ0v) is 14.5. The SMILES string of the molecule is CC(C[NH+]1CCCCC1)C(=O)c1c(C(C)C)nn2ccccc12. The number of piperidine rings is 1. The fourth-order valence-corrected chi connectivity index (χ4v) is 3.70. The third kappa shape index (κ3) is 3.32. The van der Waals surface area contributed by atoms with Crippen LogP contribution in [0.4, 0.5) is 0 Å². The second kappa shape index (κ2) is 6.83. The zero-order chi connectivity index (χ0) is 16.4. The number of fused-ring (bicyclic) bond motifs is 1. The maximum atomic E-state index is 13.2. The zero-order valence-electron chi connectivity index (χ0n) is 14.5. The molecule has 1 atom stereocenters. The summed E-state index contributed by atoms with van der Waals surface area (Å²) in [6.07, 6.45) is 5.87. The van der Waals surface area contributed by atoms with Crippen molar-refractivity contribution >= 4 is 11.3 Å². The molecule has 124 valence electrons. The number of pyridine rings is 1. The van der Waals surface area contributed by atoms with Gasteiger partial charge in [0, 0.05) is 6.20 Å². The van der Waals surface area contributed by atoms with E-state index in [0.29, 0.717) is 0 Å². The molecule has 1 N–H and O–H groups in total. The van der Waals surface area contributed by atoms with Gasteiger partial charge in [-0.05, 0) is 44.2 Å². The maximum Gasteiger partial charge on any atom is 0.175 e. The van der Waals surface area contributed by atoms with Gasteiger partial charge in [0.05, 0.1) is 42.3 Å². The van der Waals surface area contributed by atoms with Crippen LogP contribution >= 0.6 is 0 Å². The van der Waals surface area contributed by atoms with Gasteiger partial charge in [-0.15, -0.1) is 0 Å². The quantitative estimate of drug-likeness (QED) is 0.861. The molecule has 3 heterocycles. The van der Waals surface area contributed by atoms with Gasteiger partial charge < -0.3 is 4.90 Å². The van der Waals surface area contributed by atoms with E-state index in [9.17, 15) is 4.79 Å². The standard InChI is InChI=1S/C19H27N3O/c1-14(2)18-17(16-9-5-8-12-22(16)20-18)19(23)15(3)13-21-10-6-4-7-11-21/h5,8-9,12,14-15H,4,6-7,10-11,13H2,1-3H3/p+1. The molecule has 1 aliphatic rings. The van der Waals surface area contributed by atoms with Gasteiger partial charge in [-0.2, -0.15) is 5.10 Å². The molecular weight excluding hydrogens is 286 g/mol. The van der Waals surface area contributed by atoms with E-state index in [2.05, 4.69) is 25.9 Å². The predicted molar refractivity (Wildman–Crippen MR) is 92.2 cm³/mol. The van der Waals surface area contributed by atoms with E-state index in [1.807, 2.05) is 28.9 Å².